The number of hydrogen-bond donors (Lipinski definition) is 2. The van der Waals surface area contributed by atoms with Gasteiger partial charge in [0, 0.05) is 5.92 Å². The number of hydrogen-bond acceptors (Lipinski definition) is 3. The van der Waals surface area contributed by atoms with E-state index >= 15 is 0 Å². The lowest BCUT2D eigenvalue weighted by atomic mass is 9.99. The van der Waals surface area contributed by atoms with Gasteiger partial charge in [0.05, 0.1) is 6.10 Å². The molecule has 0 radical (unpaired) electrons. The first-order chi connectivity index (χ1) is 4.66. The molecule has 1 heterocycles. The molecule has 0 aromatic rings. The third-order valence-corrected chi connectivity index (χ3v) is 2.13. The van der Waals surface area contributed by atoms with Crippen LogP contribution >= 0.6 is 0 Å². The molecule has 0 aromatic heterocycles. The molecule has 0 spiro atoms. The van der Waals surface area contributed by atoms with Gasteiger partial charge in [0.15, 0.2) is 6.29 Å². The van der Waals surface area contributed by atoms with Crippen LogP contribution in [-0.4, -0.2) is 28.7 Å². The van der Waals surface area contributed by atoms with Crippen LogP contribution in [0, 0.1) is 5.92 Å². The van der Waals surface area contributed by atoms with Crippen molar-refractivity contribution in [2.24, 2.45) is 5.92 Å². The molecule has 1 rings (SSSR count). The second-order valence-electron chi connectivity index (χ2n) is 2.82. The van der Waals surface area contributed by atoms with E-state index in [0.717, 1.165) is 6.42 Å². The van der Waals surface area contributed by atoms with Crippen molar-refractivity contribution in [2.75, 3.05) is 0 Å². The molecule has 1 aliphatic rings. The smallest absolute Gasteiger partial charge is 0.181 e. The SMILES string of the molecule is CCC1OC(O)[C@H](O)[C@H]1C. The topological polar surface area (TPSA) is 49.7 Å². The minimum Gasteiger partial charge on any atom is -0.387 e. The molecule has 10 heavy (non-hydrogen) atoms. The molecule has 0 bridgehead atoms. The Bertz CT molecular complexity index is 115. The first kappa shape index (κ1) is 7.98. The fraction of sp³-hybridized carbons (Fsp3) is 1.00. The van der Waals surface area contributed by atoms with Gasteiger partial charge in [-0.1, -0.05) is 13.8 Å². The van der Waals surface area contributed by atoms with E-state index in [1.807, 2.05) is 13.8 Å². The maximum absolute atomic E-state index is 9.19. The van der Waals surface area contributed by atoms with E-state index in [2.05, 4.69) is 0 Å². The maximum Gasteiger partial charge on any atom is 0.181 e. The standard InChI is InChI=1S/C7H14O3/c1-3-5-4(2)6(8)7(9)10-5/h4-9H,3H2,1-2H3/t4-,5?,6+,7?/m0/s1. The van der Waals surface area contributed by atoms with E-state index in [-0.39, 0.29) is 12.0 Å². The molecule has 3 heteroatoms. The lowest BCUT2D eigenvalue weighted by Crippen LogP contribution is -2.24. The zero-order valence-electron chi connectivity index (χ0n) is 6.32. The summed E-state index contributed by atoms with van der Waals surface area (Å²) < 4.78 is 5.04. The molecule has 1 aliphatic heterocycles. The highest BCUT2D eigenvalue weighted by molar-refractivity contribution is 4.81. The normalized spacial score (nSPS) is 48.0. The molecule has 1 fully saturated rings. The molecule has 0 amide bonds. The van der Waals surface area contributed by atoms with E-state index in [1.165, 1.54) is 0 Å². The summed E-state index contributed by atoms with van der Waals surface area (Å²) in [5, 5.41) is 18.2. The first-order valence-corrected chi connectivity index (χ1v) is 3.68. The van der Waals surface area contributed by atoms with E-state index in [0.29, 0.717) is 0 Å². The fourth-order valence-corrected chi connectivity index (χ4v) is 1.33. The van der Waals surface area contributed by atoms with Crippen molar-refractivity contribution in [1.82, 2.24) is 0 Å². The van der Waals surface area contributed by atoms with E-state index in [9.17, 15) is 5.11 Å². The second kappa shape index (κ2) is 2.86. The average molecular weight is 146 g/mol. The van der Waals surface area contributed by atoms with E-state index in [4.69, 9.17) is 9.84 Å². The molecule has 2 N–H and O–H groups in total. The Morgan fingerprint density at radius 2 is 2.00 bits per heavy atom. The van der Waals surface area contributed by atoms with Crippen molar-refractivity contribution in [3.05, 3.63) is 0 Å². The zero-order valence-corrected chi connectivity index (χ0v) is 6.32. The summed E-state index contributed by atoms with van der Waals surface area (Å²) in [4.78, 5) is 0. The van der Waals surface area contributed by atoms with Gasteiger partial charge in [0.25, 0.3) is 0 Å². The Balaban J connectivity index is 2.53. The second-order valence-corrected chi connectivity index (χ2v) is 2.82. The van der Waals surface area contributed by atoms with E-state index in [1.54, 1.807) is 0 Å². The summed E-state index contributed by atoms with van der Waals surface area (Å²) in [5.74, 6) is 0.0556. The quantitative estimate of drug-likeness (QED) is 0.552. The van der Waals surface area contributed by atoms with Crippen LogP contribution in [0.1, 0.15) is 20.3 Å². The molecule has 3 nitrogen and oxygen atoms in total. The Morgan fingerprint density at radius 1 is 1.40 bits per heavy atom. The van der Waals surface area contributed by atoms with Gasteiger partial charge in [-0.3, -0.25) is 0 Å². The van der Waals surface area contributed by atoms with Crippen LogP contribution in [0.4, 0.5) is 0 Å². The third-order valence-electron chi connectivity index (χ3n) is 2.13. The largest absolute Gasteiger partial charge is 0.387 e. The molecular weight excluding hydrogens is 132 g/mol. The lowest BCUT2D eigenvalue weighted by molar-refractivity contribution is -0.127. The van der Waals surface area contributed by atoms with Crippen molar-refractivity contribution in [1.29, 1.82) is 0 Å². The minimum absolute atomic E-state index is 0.0185. The van der Waals surface area contributed by atoms with Crippen molar-refractivity contribution in [2.45, 2.75) is 38.8 Å². The molecule has 4 atom stereocenters. The van der Waals surface area contributed by atoms with Gasteiger partial charge in [-0.2, -0.15) is 0 Å². The average Bonchev–Trinajstić information content (AvgIpc) is 2.17. The van der Waals surface area contributed by atoms with Gasteiger partial charge in [-0.15, -0.1) is 0 Å². The summed E-state index contributed by atoms with van der Waals surface area (Å²) >= 11 is 0. The van der Waals surface area contributed by atoms with Gasteiger partial charge in [0.1, 0.15) is 6.10 Å². The number of ether oxygens (including phenoxy) is 1. The fourth-order valence-electron chi connectivity index (χ4n) is 1.33. The predicted octanol–water partition coefficient (Wildman–Crippen LogP) is 0.111. The van der Waals surface area contributed by atoms with Crippen LogP contribution < -0.4 is 0 Å². The molecule has 0 aliphatic carbocycles. The van der Waals surface area contributed by atoms with Gasteiger partial charge < -0.3 is 14.9 Å². The highest BCUT2D eigenvalue weighted by atomic mass is 16.6. The van der Waals surface area contributed by atoms with Crippen molar-refractivity contribution in [3.63, 3.8) is 0 Å². The maximum atomic E-state index is 9.19. The highest BCUT2D eigenvalue weighted by Crippen LogP contribution is 2.26. The Morgan fingerprint density at radius 3 is 2.20 bits per heavy atom. The van der Waals surface area contributed by atoms with Crippen molar-refractivity contribution >= 4 is 0 Å². The molecule has 1 saturated heterocycles. The summed E-state index contributed by atoms with van der Waals surface area (Å²) in [5.41, 5.74) is 0. The Kier molecular flexibility index (Phi) is 2.28. The number of rotatable bonds is 1. The van der Waals surface area contributed by atoms with E-state index < -0.39 is 12.4 Å². The molecule has 2 unspecified atom stereocenters. The predicted molar refractivity (Wildman–Crippen MR) is 36.3 cm³/mol. The number of aliphatic hydroxyl groups is 2. The third kappa shape index (κ3) is 1.17. The van der Waals surface area contributed by atoms with Crippen LogP contribution in [0.25, 0.3) is 0 Å². The van der Waals surface area contributed by atoms with Gasteiger partial charge in [0.2, 0.25) is 0 Å². The van der Waals surface area contributed by atoms with Crippen LogP contribution in [0.3, 0.4) is 0 Å². The molecule has 0 saturated carbocycles. The first-order valence-electron chi connectivity index (χ1n) is 3.68. The van der Waals surface area contributed by atoms with Crippen LogP contribution in [0.5, 0.6) is 0 Å². The highest BCUT2D eigenvalue weighted by Gasteiger charge is 2.38. The molecule has 0 aromatic carbocycles. The Hall–Kier alpha value is -0.120. The van der Waals surface area contributed by atoms with Crippen LogP contribution in [0.2, 0.25) is 0 Å². The molecule has 60 valence electrons. The monoisotopic (exact) mass is 146 g/mol. The summed E-state index contributed by atoms with van der Waals surface area (Å²) in [7, 11) is 0. The van der Waals surface area contributed by atoms with Crippen LogP contribution in [0.15, 0.2) is 0 Å². The van der Waals surface area contributed by atoms with Crippen LogP contribution in [-0.2, 0) is 4.74 Å². The summed E-state index contributed by atoms with van der Waals surface area (Å²) in [6.45, 7) is 3.86. The Labute approximate surface area is 60.6 Å². The van der Waals surface area contributed by atoms with Gasteiger partial charge in [-0.05, 0) is 6.42 Å². The van der Waals surface area contributed by atoms with Gasteiger partial charge >= 0.3 is 0 Å². The summed E-state index contributed by atoms with van der Waals surface area (Å²) in [6, 6.07) is 0. The zero-order chi connectivity index (χ0) is 7.72. The molecular formula is C7H14O3. The number of aliphatic hydroxyl groups excluding tert-OH is 2. The lowest BCUT2D eigenvalue weighted by Gasteiger charge is -2.11. The van der Waals surface area contributed by atoms with Crippen molar-refractivity contribution < 1.29 is 14.9 Å². The van der Waals surface area contributed by atoms with Crippen molar-refractivity contribution in [3.8, 4) is 0 Å². The van der Waals surface area contributed by atoms with Gasteiger partial charge in [-0.25, -0.2) is 0 Å². The minimum atomic E-state index is -0.972. The summed E-state index contributed by atoms with van der Waals surface area (Å²) in [6.07, 6.45) is -0.815.